The molecule has 0 radical (unpaired) electrons. The van der Waals surface area contributed by atoms with Crippen molar-refractivity contribution in [3.8, 4) is 0 Å². The first kappa shape index (κ1) is 16.7. The Balaban J connectivity index is 2.64. The molecule has 2 aliphatic carbocycles. The summed E-state index contributed by atoms with van der Waals surface area (Å²) >= 11 is 50.1. The van der Waals surface area contributed by atoms with Crippen LogP contribution in [0.1, 0.15) is 12.8 Å². The number of fused-ring (bicyclic) bond motifs is 2. The average Bonchev–Trinajstić information content (AvgIpc) is 2.61. The molecule has 0 saturated heterocycles. The highest BCUT2D eigenvalue weighted by Crippen LogP contribution is 2.77. The molecule has 2 saturated carbocycles. The highest BCUT2D eigenvalue weighted by molar-refractivity contribution is 6.51. The summed E-state index contributed by atoms with van der Waals surface area (Å²) in [4.78, 5) is -1.58. The molecule has 0 amide bonds. The Kier molecular flexibility index (Phi) is 4.82. The van der Waals surface area contributed by atoms with Gasteiger partial charge in [-0.05, 0) is 12.8 Å². The number of halogens is 8. The Hall–Kier alpha value is 2.32. The van der Waals surface area contributed by atoms with E-state index in [1.165, 1.54) is 0 Å². The Morgan fingerprint density at radius 1 is 1.06 bits per heavy atom. The van der Waals surface area contributed by atoms with Crippen LogP contribution in [0.25, 0.3) is 0 Å². The molecule has 2 rings (SSSR count). The van der Waals surface area contributed by atoms with E-state index in [1.54, 1.807) is 0 Å². The van der Waals surface area contributed by atoms with Crippen LogP contribution in [0.2, 0.25) is 0 Å². The van der Waals surface area contributed by atoms with Gasteiger partial charge >= 0.3 is 0 Å². The molecule has 0 nitrogen and oxygen atoms in total. The maximum Gasteiger partial charge on any atom is 0.122 e. The van der Waals surface area contributed by atoms with E-state index in [0.717, 1.165) is 0 Å². The Bertz CT molecular complexity index is 335. The summed E-state index contributed by atoms with van der Waals surface area (Å²) in [6.45, 7) is 0. The minimum absolute atomic E-state index is 0.162. The van der Waals surface area contributed by atoms with Crippen molar-refractivity contribution in [3.05, 3.63) is 0 Å². The molecule has 0 aromatic heterocycles. The van der Waals surface area contributed by atoms with E-state index in [0.29, 0.717) is 12.8 Å². The van der Waals surface area contributed by atoms with Crippen LogP contribution in [0.4, 0.5) is 0 Å². The molecule has 18 heavy (non-hydrogen) atoms. The summed E-state index contributed by atoms with van der Waals surface area (Å²) in [5.41, 5.74) is -1.55. The lowest BCUT2D eigenvalue weighted by atomic mass is 9.70. The van der Waals surface area contributed by atoms with Gasteiger partial charge in [-0.1, -0.05) is 0 Å². The van der Waals surface area contributed by atoms with E-state index in [2.05, 4.69) is 0 Å². The zero-order valence-corrected chi connectivity index (χ0v) is 15.0. The van der Waals surface area contributed by atoms with Gasteiger partial charge in [0.1, 0.15) is 14.0 Å². The van der Waals surface area contributed by atoms with Crippen molar-refractivity contribution in [1.29, 1.82) is 0 Å². The minimum atomic E-state index is -1.01. The van der Waals surface area contributed by atoms with E-state index in [9.17, 15) is 0 Å². The Morgan fingerprint density at radius 3 is 1.94 bits per heavy atom. The smallest absolute Gasteiger partial charge is 0.122 e. The summed E-state index contributed by atoms with van der Waals surface area (Å²) in [5.74, 6) is -0.0660. The Labute approximate surface area is 146 Å². The summed E-state index contributed by atoms with van der Waals surface area (Å²) in [6.07, 6.45) is 0.884. The van der Waals surface area contributed by atoms with Gasteiger partial charge in [0.2, 0.25) is 0 Å². The summed E-state index contributed by atoms with van der Waals surface area (Å²) in [6, 6.07) is 0. The molecule has 2 fully saturated rings. The molecule has 0 N–H and O–H groups in total. The van der Waals surface area contributed by atoms with E-state index >= 15 is 0 Å². The Morgan fingerprint density at radius 2 is 1.61 bits per heavy atom. The van der Waals surface area contributed by atoms with E-state index in [-0.39, 0.29) is 17.2 Å². The monoisotopic (exact) mass is 410 g/mol. The molecule has 0 spiro atoms. The first-order valence-electron chi connectivity index (χ1n) is 5.31. The lowest BCUT2D eigenvalue weighted by Gasteiger charge is -2.45. The van der Waals surface area contributed by atoms with Crippen LogP contribution in [-0.2, 0) is 0 Å². The maximum absolute atomic E-state index is 6.43. The molecular formula is C10H10Cl8. The van der Waals surface area contributed by atoms with Crippen LogP contribution >= 0.6 is 92.8 Å². The average molecular weight is 414 g/mol. The number of hydrogen-bond donors (Lipinski definition) is 0. The SMILES string of the molecule is ClCC1(C(Cl)Cl)C2CC(Cl)C1(C(Cl)Cl)CC2(Cl)Cl. The molecule has 2 bridgehead atoms. The van der Waals surface area contributed by atoms with Crippen molar-refractivity contribution in [1.82, 2.24) is 0 Å². The highest BCUT2D eigenvalue weighted by atomic mass is 35.5. The minimum Gasteiger partial charge on any atom is -0.126 e. The number of rotatable bonds is 3. The lowest BCUT2D eigenvalue weighted by Crippen LogP contribution is -2.50. The van der Waals surface area contributed by atoms with Gasteiger partial charge in [-0.2, -0.15) is 0 Å². The fraction of sp³-hybridized carbons (Fsp3) is 1.00. The first-order chi connectivity index (χ1) is 8.16. The van der Waals surface area contributed by atoms with Gasteiger partial charge in [-0.25, -0.2) is 0 Å². The van der Waals surface area contributed by atoms with Crippen LogP contribution in [0, 0.1) is 16.7 Å². The summed E-state index contributed by atoms with van der Waals surface area (Å²) in [5, 5.41) is -0.299. The standard InChI is InChI=1S/C10H10Cl8/c11-3-9(7(15)16)4-1-5(12)8(9,6(13)14)2-10(4,17)18/h4-7H,1-3H2. The van der Waals surface area contributed by atoms with Crippen LogP contribution in [0.5, 0.6) is 0 Å². The van der Waals surface area contributed by atoms with Crippen LogP contribution in [0.15, 0.2) is 0 Å². The van der Waals surface area contributed by atoms with E-state index < -0.39 is 24.8 Å². The van der Waals surface area contributed by atoms with Gasteiger partial charge in [-0.3, -0.25) is 0 Å². The van der Waals surface area contributed by atoms with E-state index in [1.807, 2.05) is 0 Å². The maximum atomic E-state index is 6.43. The second-order valence-corrected chi connectivity index (χ2v) is 9.54. The predicted octanol–water partition coefficient (Wildman–Crippen LogP) is 6.01. The predicted molar refractivity (Wildman–Crippen MR) is 83.4 cm³/mol. The fourth-order valence-electron chi connectivity index (χ4n) is 3.63. The van der Waals surface area contributed by atoms with Gasteiger partial charge < -0.3 is 0 Å². The lowest BCUT2D eigenvalue weighted by molar-refractivity contribution is 0.144. The highest BCUT2D eigenvalue weighted by Gasteiger charge is 2.79. The molecule has 2 aliphatic rings. The first-order valence-corrected chi connectivity index (χ1v) is 8.78. The topological polar surface area (TPSA) is 0 Å². The van der Waals surface area contributed by atoms with Crippen molar-refractivity contribution >= 4 is 92.8 Å². The van der Waals surface area contributed by atoms with Crippen LogP contribution < -0.4 is 0 Å². The van der Waals surface area contributed by atoms with Crippen LogP contribution in [-0.4, -0.2) is 25.3 Å². The van der Waals surface area contributed by atoms with Gasteiger partial charge in [0.15, 0.2) is 0 Å². The van der Waals surface area contributed by atoms with Crippen molar-refractivity contribution in [2.24, 2.45) is 16.7 Å². The van der Waals surface area contributed by atoms with Gasteiger partial charge in [0, 0.05) is 28.0 Å². The number of hydrogen-bond acceptors (Lipinski definition) is 0. The van der Waals surface area contributed by atoms with Crippen molar-refractivity contribution in [2.45, 2.75) is 32.2 Å². The zero-order valence-electron chi connectivity index (χ0n) is 8.95. The molecule has 106 valence electrons. The van der Waals surface area contributed by atoms with Gasteiger partial charge in [-0.15, -0.1) is 92.8 Å². The third-order valence-electron chi connectivity index (χ3n) is 4.53. The molecule has 0 aliphatic heterocycles. The molecular weight excluding hydrogens is 404 g/mol. The molecule has 0 aromatic rings. The normalized spacial score (nSPS) is 46.3. The van der Waals surface area contributed by atoms with Crippen molar-refractivity contribution in [2.75, 3.05) is 5.88 Å². The van der Waals surface area contributed by atoms with Crippen molar-refractivity contribution in [3.63, 3.8) is 0 Å². The van der Waals surface area contributed by atoms with Gasteiger partial charge in [0.05, 0.1) is 0 Å². The third-order valence-corrected chi connectivity index (χ3v) is 7.89. The van der Waals surface area contributed by atoms with Crippen molar-refractivity contribution < 1.29 is 0 Å². The zero-order chi connectivity index (χ0) is 13.9. The fourth-order valence-corrected chi connectivity index (χ4v) is 7.83. The largest absolute Gasteiger partial charge is 0.126 e. The summed E-state index contributed by atoms with van der Waals surface area (Å²) in [7, 11) is 0. The molecule has 0 aromatic carbocycles. The second kappa shape index (κ2) is 5.20. The van der Waals surface area contributed by atoms with E-state index in [4.69, 9.17) is 92.8 Å². The number of alkyl halides is 8. The summed E-state index contributed by atoms with van der Waals surface area (Å²) < 4.78 is -1.01. The second-order valence-electron chi connectivity index (χ2n) is 5.01. The molecule has 8 heteroatoms. The quantitative estimate of drug-likeness (QED) is 0.497. The van der Waals surface area contributed by atoms with Crippen LogP contribution in [0.3, 0.4) is 0 Å². The molecule has 4 atom stereocenters. The molecule has 4 unspecified atom stereocenters. The van der Waals surface area contributed by atoms with Gasteiger partial charge in [0.25, 0.3) is 0 Å². The molecule has 0 heterocycles. The third kappa shape index (κ3) is 1.86.